The summed E-state index contributed by atoms with van der Waals surface area (Å²) in [5, 5.41) is 12.4. The van der Waals surface area contributed by atoms with Crippen LogP contribution in [0.15, 0.2) is 46.9 Å². The van der Waals surface area contributed by atoms with Gasteiger partial charge in [0.25, 0.3) is 0 Å². The molecule has 0 saturated heterocycles. The van der Waals surface area contributed by atoms with E-state index in [4.69, 9.17) is 11.6 Å². The van der Waals surface area contributed by atoms with Crippen molar-refractivity contribution < 1.29 is 9.59 Å². The second-order valence-electron chi connectivity index (χ2n) is 4.88. The Morgan fingerprint density at radius 3 is 2.43 bits per heavy atom. The van der Waals surface area contributed by atoms with Gasteiger partial charge in [-0.3, -0.25) is 9.59 Å². The number of carbonyl (C=O) groups is 2. The van der Waals surface area contributed by atoms with Crippen molar-refractivity contribution in [1.29, 1.82) is 5.26 Å². The predicted octanol–water partition coefficient (Wildman–Crippen LogP) is 4.37. The summed E-state index contributed by atoms with van der Waals surface area (Å²) < 4.78 is 0.809. The molecular formula is C17H12BrClN2O2. The Morgan fingerprint density at radius 1 is 1.22 bits per heavy atom. The maximum Gasteiger partial charge on any atom is 0.249 e. The number of carbonyl (C=O) groups excluding carboxylic acids is 2. The molecule has 1 atom stereocenters. The summed E-state index contributed by atoms with van der Waals surface area (Å²) in [5.41, 5.74) is 1.57. The molecule has 2 aromatic carbocycles. The fourth-order valence-corrected chi connectivity index (χ4v) is 2.48. The molecule has 0 aliphatic heterocycles. The molecule has 116 valence electrons. The molecule has 0 fully saturated rings. The van der Waals surface area contributed by atoms with Crippen molar-refractivity contribution in [2.75, 3.05) is 5.32 Å². The fraction of sp³-hybridized carbons (Fsp3) is 0.118. The summed E-state index contributed by atoms with van der Waals surface area (Å²) in [7, 11) is 0. The van der Waals surface area contributed by atoms with Crippen LogP contribution in [-0.4, -0.2) is 11.7 Å². The number of hydrogen-bond donors (Lipinski definition) is 1. The van der Waals surface area contributed by atoms with Gasteiger partial charge in [-0.25, -0.2) is 0 Å². The molecule has 0 aliphatic carbocycles. The molecule has 0 heterocycles. The zero-order chi connectivity index (χ0) is 17.0. The lowest BCUT2D eigenvalue weighted by Gasteiger charge is -2.12. The number of ketones is 1. The average molecular weight is 392 g/mol. The standard InChI is InChI=1S/C17H12BrClN2O2/c1-10-8-13(19)6-7-15(10)21-17(23)14(9-20)16(22)11-2-4-12(18)5-3-11/h2-8,14H,1H3,(H,21,23). The van der Waals surface area contributed by atoms with Crippen LogP contribution in [0.5, 0.6) is 0 Å². The largest absolute Gasteiger partial charge is 0.324 e. The van der Waals surface area contributed by atoms with Gasteiger partial charge in [0.15, 0.2) is 11.7 Å². The first kappa shape index (κ1) is 17.2. The van der Waals surface area contributed by atoms with Gasteiger partial charge < -0.3 is 5.32 Å². The molecular weight excluding hydrogens is 380 g/mol. The number of benzene rings is 2. The minimum Gasteiger partial charge on any atom is -0.324 e. The Labute approximate surface area is 147 Å². The number of anilines is 1. The first-order chi connectivity index (χ1) is 10.9. The monoisotopic (exact) mass is 390 g/mol. The summed E-state index contributed by atoms with van der Waals surface area (Å²) in [6.07, 6.45) is 0. The van der Waals surface area contributed by atoms with Gasteiger partial charge >= 0.3 is 0 Å². The zero-order valence-electron chi connectivity index (χ0n) is 12.1. The zero-order valence-corrected chi connectivity index (χ0v) is 14.5. The molecule has 1 amide bonds. The second kappa shape index (κ2) is 7.40. The van der Waals surface area contributed by atoms with Gasteiger partial charge in [0, 0.05) is 20.7 Å². The van der Waals surface area contributed by atoms with Crippen LogP contribution in [0.2, 0.25) is 5.02 Å². The highest BCUT2D eigenvalue weighted by Crippen LogP contribution is 2.21. The summed E-state index contributed by atoms with van der Waals surface area (Å²) >= 11 is 9.13. The van der Waals surface area contributed by atoms with E-state index in [2.05, 4.69) is 21.2 Å². The number of amides is 1. The van der Waals surface area contributed by atoms with Crippen LogP contribution >= 0.6 is 27.5 Å². The molecule has 0 aromatic heterocycles. The SMILES string of the molecule is Cc1cc(Cl)ccc1NC(=O)C(C#N)C(=O)c1ccc(Br)cc1. The smallest absolute Gasteiger partial charge is 0.249 e. The van der Waals surface area contributed by atoms with E-state index in [0.717, 1.165) is 10.0 Å². The van der Waals surface area contributed by atoms with E-state index in [9.17, 15) is 14.9 Å². The fourth-order valence-electron chi connectivity index (χ4n) is 1.99. The summed E-state index contributed by atoms with van der Waals surface area (Å²) in [6.45, 7) is 1.78. The van der Waals surface area contributed by atoms with Crippen molar-refractivity contribution in [3.63, 3.8) is 0 Å². The molecule has 0 bridgehead atoms. The summed E-state index contributed by atoms with van der Waals surface area (Å²) in [4.78, 5) is 24.6. The van der Waals surface area contributed by atoms with Crippen molar-refractivity contribution in [3.05, 3.63) is 63.1 Å². The number of rotatable bonds is 4. The lowest BCUT2D eigenvalue weighted by atomic mass is 9.98. The van der Waals surface area contributed by atoms with Gasteiger partial charge in [-0.05, 0) is 42.8 Å². The molecule has 2 rings (SSSR count). The third-order valence-corrected chi connectivity index (χ3v) is 3.99. The van der Waals surface area contributed by atoms with E-state index < -0.39 is 17.6 Å². The van der Waals surface area contributed by atoms with E-state index >= 15 is 0 Å². The average Bonchev–Trinajstić information content (AvgIpc) is 2.51. The number of Topliss-reactive ketones (excluding diaryl/α,β-unsaturated/α-hetero) is 1. The molecule has 23 heavy (non-hydrogen) atoms. The van der Waals surface area contributed by atoms with Gasteiger partial charge in [0.1, 0.15) is 0 Å². The molecule has 2 aromatic rings. The molecule has 6 heteroatoms. The van der Waals surface area contributed by atoms with E-state index in [0.29, 0.717) is 16.3 Å². The third kappa shape index (κ3) is 4.19. The summed E-state index contributed by atoms with van der Waals surface area (Å²) in [6, 6.07) is 13.2. The Morgan fingerprint density at radius 2 is 1.87 bits per heavy atom. The van der Waals surface area contributed by atoms with Crippen LogP contribution in [0.1, 0.15) is 15.9 Å². The van der Waals surface area contributed by atoms with Crippen molar-refractivity contribution in [2.45, 2.75) is 6.92 Å². The first-order valence-corrected chi connectivity index (χ1v) is 7.86. The molecule has 0 aliphatic rings. The van der Waals surface area contributed by atoms with Gasteiger partial charge in [0.05, 0.1) is 6.07 Å². The molecule has 0 radical (unpaired) electrons. The number of aryl methyl sites for hydroxylation is 1. The minimum atomic E-state index is -1.41. The Kier molecular flexibility index (Phi) is 5.54. The molecule has 0 spiro atoms. The van der Waals surface area contributed by atoms with Crippen LogP contribution in [0.25, 0.3) is 0 Å². The van der Waals surface area contributed by atoms with E-state index in [1.807, 2.05) is 0 Å². The summed E-state index contributed by atoms with van der Waals surface area (Å²) in [5.74, 6) is -2.61. The van der Waals surface area contributed by atoms with E-state index in [1.165, 1.54) is 0 Å². The van der Waals surface area contributed by atoms with Crippen LogP contribution in [0.3, 0.4) is 0 Å². The van der Waals surface area contributed by atoms with Gasteiger partial charge in [0.2, 0.25) is 5.91 Å². The van der Waals surface area contributed by atoms with Crippen molar-refractivity contribution in [1.82, 2.24) is 0 Å². The highest BCUT2D eigenvalue weighted by molar-refractivity contribution is 9.10. The molecule has 0 saturated carbocycles. The second-order valence-corrected chi connectivity index (χ2v) is 6.23. The maximum atomic E-state index is 12.3. The minimum absolute atomic E-state index is 0.308. The van der Waals surface area contributed by atoms with Gasteiger partial charge in [-0.15, -0.1) is 0 Å². The van der Waals surface area contributed by atoms with Crippen LogP contribution in [-0.2, 0) is 4.79 Å². The number of hydrogen-bond acceptors (Lipinski definition) is 3. The van der Waals surface area contributed by atoms with Gasteiger partial charge in [-0.2, -0.15) is 5.26 Å². The van der Waals surface area contributed by atoms with Crippen LogP contribution in [0, 0.1) is 24.2 Å². The molecule has 1 unspecified atom stereocenters. The Balaban J connectivity index is 2.20. The van der Waals surface area contributed by atoms with Crippen molar-refractivity contribution >= 4 is 44.9 Å². The van der Waals surface area contributed by atoms with Crippen LogP contribution < -0.4 is 5.32 Å². The number of nitrogens with zero attached hydrogens (tertiary/aromatic N) is 1. The lowest BCUT2D eigenvalue weighted by molar-refractivity contribution is -0.117. The maximum absolute atomic E-state index is 12.3. The molecule has 4 nitrogen and oxygen atoms in total. The third-order valence-electron chi connectivity index (χ3n) is 3.23. The lowest BCUT2D eigenvalue weighted by Crippen LogP contribution is -2.29. The highest BCUT2D eigenvalue weighted by atomic mass is 79.9. The highest BCUT2D eigenvalue weighted by Gasteiger charge is 2.27. The van der Waals surface area contributed by atoms with Crippen molar-refractivity contribution in [2.24, 2.45) is 5.92 Å². The Hall–Kier alpha value is -2.16. The van der Waals surface area contributed by atoms with E-state index in [1.54, 1.807) is 55.5 Å². The number of halogens is 2. The molecule has 1 N–H and O–H groups in total. The quantitative estimate of drug-likeness (QED) is 0.621. The Bertz CT molecular complexity index is 797. The van der Waals surface area contributed by atoms with Gasteiger partial charge in [-0.1, -0.05) is 39.7 Å². The first-order valence-electron chi connectivity index (χ1n) is 6.69. The normalized spacial score (nSPS) is 11.4. The van der Waals surface area contributed by atoms with Crippen LogP contribution in [0.4, 0.5) is 5.69 Å². The topological polar surface area (TPSA) is 70.0 Å². The van der Waals surface area contributed by atoms with Crippen molar-refractivity contribution in [3.8, 4) is 6.07 Å². The van der Waals surface area contributed by atoms with E-state index in [-0.39, 0.29) is 0 Å². The predicted molar refractivity (Wildman–Crippen MR) is 92.4 cm³/mol. The number of nitrogens with one attached hydrogen (secondary N) is 1. The number of nitriles is 1.